The molecule has 1 saturated heterocycles. The Morgan fingerprint density at radius 1 is 1.41 bits per heavy atom. The summed E-state index contributed by atoms with van der Waals surface area (Å²) < 4.78 is 26.7. The molecule has 1 aliphatic heterocycles. The number of halogens is 2. The van der Waals surface area contributed by atoms with Gasteiger partial charge in [0.05, 0.1) is 26.4 Å². The van der Waals surface area contributed by atoms with Crippen LogP contribution in [0.25, 0.3) is 0 Å². The molecule has 5 nitrogen and oxygen atoms in total. The quantitative estimate of drug-likeness (QED) is 0.812. The third-order valence-corrected chi connectivity index (χ3v) is 7.84. The summed E-state index contributed by atoms with van der Waals surface area (Å²) in [6.45, 7) is 6.83. The summed E-state index contributed by atoms with van der Waals surface area (Å²) in [4.78, 5) is 4.09. The maximum absolute atomic E-state index is 12.9. The Hall–Kier alpha value is -0.210. The molecule has 1 aliphatic rings. The highest BCUT2D eigenvalue weighted by molar-refractivity contribution is 9.10. The lowest BCUT2D eigenvalue weighted by atomic mass is 9.95. The number of hydrogen-bond acceptors (Lipinski definition) is 4. The van der Waals surface area contributed by atoms with E-state index in [1.807, 2.05) is 6.92 Å². The highest BCUT2D eigenvalue weighted by atomic mass is 79.9. The molecule has 1 N–H and O–H groups in total. The highest BCUT2D eigenvalue weighted by Gasteiger charge is 2.49. The van der Waals surface area contributed by atoms with Crippen molar-refractivity contribution in [2.24, 2.45) is 5.92 Å². The van der Waals surface area contributed by atoms with Crippen LogP contribution in [0.2, 0.25) is 5.02 Å². The zero-order valence-electron chi connectivity index (χ0n) is 12.9. The average Bonchev–Trinajstić information content (AvgIpc) is 2.69. The minimum absolute atomic E-state index is 0.0638. The molecule has 1 aromatic rings. The van der Waals surface area contributed by atoms with Gasteiger partial charge in [0.2, 0.25) is 10.0 Å². The van der Waals surface area contributed by atoms with E-state index in [1.54, 1.807) is 33.2 Å². The minimum Gasteiger partial charge on any atom is -0.391 e. The first-order valence-electron chi connectivity index (χ1n) is 6.97. The van der Waals surface area contributed by atoms with E-state index in [1.165, 1.54) is 4.31 Å². The van der Waals surface area contributed by atoms with Gasteiger partial charge in [-0.3, -0.25) is 4.98 Å². The summed E-state index contributed by atoms with van der Waals surface area (Å²) >= 11 is 9.64. The fourth-order valence-corrected chi connectivity index (χ4v) is 4.83. The summed E-state index contributed by atoms with van der Waals surface area (Å²) in [7, 11) is -3.60. The van der Waals surface area contributed by atoms with Crippen LogP contribution in [0.1, 0.15) is 39.3 Å². The van der Waals surface area contributed by atoms with Crippen molar-refractivity contribution in [3.8, 4) is 0 Å². The molecule has 0 radical (unpaired) electrons. The molecule has 3 atom stereocenters. The summed E-state index contributed by atoms with van der Waals surface area (Å²) in [5, 5.41) is 10.6. The molecule has 124 valence electrons. The summed E-state index contributed by atoms with van der Waals surface area (Å²) in [5.41, 5.74) is 0.605. The average molecular weight is 412 g/mol. The number of aliphatic hydroxyl groups is 1. The molecule has 1 fully saturated rings. The maximum atomic E-state index is 12.9. The Kier molecular flexibility index (Phi) is 4.96. The second kappa shape index (κ2) is 6.02. The van der Waals surface area contributed by atoms with E-state index in [4.69, 9.17) is 11.6 Å². The lowest BCUT2D eigenvalue weighted by molar-refractivity contribution is 0.147. The first kappa shape index (κ1) is 18.1. The standard InChI is InChI=1S/C14H20BrClN2O3S/c1-8-11(19)7-18(22(20,21)14(2,3)4)13(8)9-5-17-6-10(15)12(9)16/h5-6,8,11,13,19H,7H2,1-4H3. The number of hydrogen-bond donors (Lipinski definition) is 1. The zero-order chi connectivity index (χ0) is 16.9. The van der Waals surface area contributed by atoms with Crippen LogP contribution >= 0.6 is 27.5 Å². The number of β-amino-alcohol motifs (C(OH)–C–C–N with tert-alkyl or cyclic N) is 1. The number of nitrogens with zero attached hydrogens (tertiary/aromatic N) is 2. The van der Waals surface area contributed by atoms with Gasteiger partial charge in [-0.25, -0.2) is 8.42 Å². The van der Waals surface area contributed by atoms with Crippen molar-refractivity contribution >= 4 is 37.6 Å². The molecule has 0 aromatic carbocycles. The molecule has 22 heavy (non-hydrogen) atoms. The first-order chi connectivity index (χ1) is 9.98. The van der Waals surface area contributed by atoms with Gasteiger partial charge in [0, 0.05) is 30.4 Å². The molecule has 2 rings (SSSR count). The predicted octanol–water partition coefficient (Wildman–Crippen LogP) is 2.98. The molecule has 0 aliphatic carbocycles. The van der Waals surface area contributed by atoms with Crippen molar-refractivity contribution in [1.82, 2.24) is 9.29 Å². The lowest BCUT2D eigenvalue weighted by Gasteiger charge is -2.32. The van der Waals surface area contributed by atoms with E-state index in [0.717, 1.165) is 0 Å². The minimum atomic E-state index is -3.60. The molecular formula is C14H20BrClN2O3S. The maximum Gasteiger partial charge on any atom is 0.219 e. The van der Waals surface area contributed by atoms with Gasteiger partial charge in [-0.15, -0.1) is 0 Å². The van der Waals surface area contributed by atoms with E-state index in [0.29, 0.717) is 15.1 Å². The van der Waals surface area contributed by atoms with Gasteiger partial charge in [-0.1, -0.05) is 18.5 Å². The van der Waals surface area contributed by atoms with Crippen molar-refractivity contribution in [3.05, 3.63) is 27.5 Å². The summed E-state index contributed by atoms with van der Waals surface area (Å²) in [6, 6.07) is -0.531. The van der Waals surface area contributed by atoms with Crippen LogP contribution in [-0.4, -0.2) is 40.2 Å². The van der Waals surface area contributed by atoms with Crippen molar-refractivity contribution in [1.29, 1.82) is 0 Å². The molecule has 2 heterocycles. The van der Waals surface area contributed by atoms with Gasteiger partial charge in [0.25, 0.3) is 0 Å². The van der Waals surface area contributed by atoms with Gasteiger partial charge >= 0.3 is 0 Å². The normalized spacial score (nSPS) is 27.3. The van der Waals surface area contributed by atoms with Crippen LogP contribution in [0.4, 0.5) is 0 Å². The van der Waals surface area contributed by atoms with E-state index in [9.17, 15) is 13.5 Å². The van der Waals surface area contributed by atoms with E-state index >= 15 is 0 Å². The predicted molar refractivity (Wildman–Crippen MR) is 90.2 cm³/mol. The third kappa shape index (κ3) is 2.94. The molecule has 3 unspecified atom stereocenters. The molecule has 0 bridgehead atoms. The third-order valence-electron chi connectivity index (χ3n) is 4.05. The van der Waals surface area contributed by atoms with Crippen LogP contribution in [-0.2, 0) is 10.0 Å². The smallest absolute Gasteiger partial charge is 0.219 e. The lowest BCUT2D eigenvalue weighted by Crippen LogP contribution is -2.43. The van der Waals surface area contributed by atoms with Crippen LogP contribution in [0.3, 0.4) is 0 Å². The Morgan fingerprint density at radius 2 is 2.00 bits per heavy atom. The number of aliphatic hydroxyl groups excluding tert-OH is 1. The SMILES string of the molecule is CC1C(O)CN(S(=O)(=O)C(C)(C)C)C1c1cncc(Br)c1Cl. The van der Waals surface area contributed by atoms with Crippen LogP contribution in [0.5, 0.6) is 0 Å². The van der Waals surface area contributed by atoms with Crippen LogP contribution < -0.4 is 0 Å². The zero-order valence-corrected chi connectivity index (χ0v) is 16.1. The van der Waals surface area contributed by atoms with E-state index in [2.05, 4.69) is 20.9 Å². The molecule has 1 aromatic heterocycles. The number of rotatable bonds is 2. The van der Waals surface area contributed by atoms with Gasteiger partial charge in [0.1, 0.15) is 0 Å². The first-order valence-corrected chi connectivity index (χ1v) is 9.58. The fourth-order valence-electron chi connectivity index (χ4n) is 2.62. The van der Waals surface area contributed by atoms with E-state index in [-0.39, 0.29) is 12.5 Å². The van der Waals surface area contributed by atoms with Crippen molar-refractivity contribution in [2.45, 2.75) is 44.6 Å². The molecule has 8 heteroatoms. The molecule has 0 spiro atoms. The largest absolute Gasteiger partial charge is 0.391 e. The molecular weight excluding hydrogens is 392 g/mol. The summed E-state index contributed by atoms with van der Waals surface area (Å²) in [6.07, 6.45) is 2.39. The number of aromatic nitrogens is 1. The molecule has 0 amide bonds. The number of pyridine rings is 1. The van der Waals surface area contributed by atoms with Crippen molar-refractivity contribution in [3.63, 3.8) is 0 Å². The Morgan fingerprint density at radius 3 is 2.55 bits per heavy atom. The fraction of sp³-hybridized carbons (Fsp3) is 0.643. The second-order valence-corrected chi connectivity index (χ2v) is 10.5. The van der Waals surface area contributed by atoms with Gasteiger partial charge in [0.15, 0.2) is 0 Å². The van der Waals surface area contributed by atoms with Gasteiger partial charge in [-0.2, -0.15) is 4.31 Å². The summed E-state index contributed by atoms with van der Waals surface area (Å²) in [5.74, 6) is -0.272. The van der Waals surface area contributed by atoms with Crippen LogP contribution in [0, 0.1) is 5.92 Å². The van der Waals surface area contributed by atoms with Gasteiger partial charge in [-0.05, 0) is 36.7 Å². The van der Waals surface area contributed by atoms with Gasteiger partial charge < -0.3 is 5.11 Å². The molecule has 0 saturated carbocycles. The van der Waals surface area contributed by atoms with Crippen LogP contribution in [0.15, 0.2) is 16.9 Å². The van der Waals surface area contributed by atoms with Crippen molar-refractivity contribution < 1.29 is 13.5 Å². The second-order valence-electron chi connectivity index (χ2n) is 6.58. The highest BCUT2D eigenvalue weighted by Crippen LogP contribution is 2.44. The number of sulfonamides is 1. The Labute approximate surface area is 144 Å². The van der Waals surface area contributed by atoms with E-state index < -0.39 is 26.9 Å². The van der Waals surface area contributed by atoms with Crippen molar-refractivity contribution in [2.75, 3.05) is 6.54 Å². The Bertz CT molecular complexity index is 675. The topological polar surface area (TPSA) is 70.5 Å². The Balaban J connectivity index is 2.58. The monoisotopic (exact) mass is 410 g/mol.